The fourth-order valence-electron chi connectivity index (χ4n) is 2.62. The number of rotatable bonds is 2. The van der Waals surface area contributed by atoms with Gasteiger partial charge in [0.15, 0.2) is 0 Å². The predicted octanol–water partition coefficient (Wildman–Crippen LogP) is 4.52. The van der Waals surface area contributed by atoms with E-state index < -0.39 is 5.60 Å². The average Bonchev–Trinajstić information content (AvgIpc) is 2.46. The lowest BCUT2D eigenvalue weighted by molar-refractivity contribution is 0.0205. The van der Waals surface area contributed by atoms with Gasteiger partial charge in [-0.05, 0) is 63.5 Å². The molecule has 1 aromatic carbocycles. The van der Waals surface area contributed by atoms with Crippen LogP contribution < -0.4 is 0 Å². The Bertz CT molecular complexity index is 488. The summed E-state index contributed by atoms with van der Waals surface area (Å²) in [6.45, 7) is 7.29. The van der Waals surface area contributed by atoms with Crippen LogP contribution in [0, 0.1) is 0 Å². The van der Waals surface area contributed by atoms with Crippen LogP contribution in [0.25, 0.3) is 0 Å². The lowest BCUT2D eigenvalue weighted by atomic mass is 9.90. The maximum Gasteiger partial charge on any atom is 0.410 e. The van der Waals surface area contributed by atoms with Gasteiger partial charge in [-0.3, -0.25) is 0 Å². The van der Waals surface area contributed by atoms with Gasteiger partial charge in [0.1, 0.15) is 5.60 Å². The van der Waals surface area contributed by atoms with Crippen molar-refractivity contribution in [2.45, 2.75) is 50.0 Å². The Balaban J connectivity index is 1.92. The molecule has 0 bridgehead atoms. The lowest BCUT2D eigenvalue weighted by Gasteiger charge is -2.33. The summed E-state index contributed by atoms with van der Waals surface area (Å²) >= 11 is 1.77. The van der Waals surface area contributed by atoms with E-state index in [2.05, 4.69) is 30.5 Å². The summed E-state index contributed by atoms with van der Waals surface area (Å²) in [5.41, 5.74) is 0.978. The zero-order chi connectivity index (χ0) is 15.5. The van der Waals surface area contributed by atoms with Crippen molar-refractivity contribution in [1.29, 1.82) is 0 Å². The molecule has 0 saturated carbocycles. The molecule has 2 rings (SSSR count). The third-order valence-electron chi connectivity index (χ3n) is 3.71. The number of carbonyl (C=O) groups is 1. The Kier molecular flexibility index (Phi) is 5.20. The van der Waals surface area contributed by atoms with E-state index >= 15 is 0 Å². The van der Waals surface area contributed by atoms with Gasteiger partial charge >= 0.3 is 6.09 Å². The second-order valence-corrected chi connectivity index (χ2v) is 7.40. The summed E-state index contributed by atoms with van der Waals surface area (Å²) in [6, 6.07) is 8.75. The van der Waals surface area contributed by atoms with E-state index in [9.17, 15) is 4.79 Å². The zero-order valence-corrected chi connectivity index (χ0v) is 14.2. The van der Waals surface area contributed by atoms with Crippen molar-refractivity contribution in [1.82, 2.24) is 4.90 Å². The summed E-state index contributed by atoms with van der Waals surface area (Å²) in [5, 5.41) is 0. The summed E-state index contributed by atoms with van der Waals surface area (Å²) in [5.74, 6) is 0.552. The van der Waals surface area contributed by atoms with Crippen molar-refractivity contribution in [2.24, 2.45) is 0 Å². The molecule has 0 atom stereocenters. The maximum absolute atomic E-state index is 12.1. The van der Waals surface area contributed by atoms with Gasteiger partial charge in [-0.15, -0.1) is 11.8 Å². The van der Waals surface area contributed by atoms with Gasteiger partial charge in [0.25, 0.3) is 0 Å². The Morgan fingerprint density at radius 3 is 2.52 bits per heavy atom. The standard InChI is InChI=1S/C17H25NO2S/c1-17(2,3)20-16(19)18-10-8-13(9-11-18)14-6-5-7-15(12-14)21-4/h5-7,12-13H,8-11H2,1-4H3. The average molecular weight is 307 g/mol. The molecule has 21 heavy (non-hydrogen) atoms. The molecule has 4 heteroatoms. The fraction of sp³-hybridized carbons (Fsp3) is 0.588. The highest BCUT2D eigenvalue weighted by molar-refractivity contribution is 7.98. The molecule has 0 aliphatic carbocycles. The van der Waals surface area contributed by atoms with Gasteiger partial charge in [-0.25, -0.2) is 4.79 Å². The van der Waals surface area contributed by atoms with Gasteiger partial charge in [-0.2, -0.15) is 0 Å². The van der Waals surface area contributed by atoms with Crippen molar-refractivity contribution in [2.75, 3.05) is 19.3 Å². The minimum absolute atomic E-state index is 0.182. The highest BCUT2D eigenvalue weighted by Gasteiger charge is 2.27. The van der Waals surface area contributed by atoms with Crippen molar-refractivity contribution >= 4 is 17.9 Å². The van der Waals surface area contributed by atoms with Gasteiger partial charge in [0.05, 0.1) is 0 Å². The van der Waals surface area contributed by atoms with Crippen LogP contribution in [0.2, 0.25) is 0 Å². The minimum Gasteiger partial charge on any atom is -0.444 e. The van der Waals surface area contributed by atoms with Crippen LogP contribution in [-0.2, 0) is 4.74 Å². The number of hydrogen-bond donors (Lipinski definition) is 0. The van der Waals surface area contributed by atoms with Crippen LogP contribution >= 0.6 is 11.8 Å². The van der Waals surface area contributed by atoms with Crippen LogP contribution in [0.1, 0.15) is 45.1 Å². The Hall–Kier alpha value is -1.16. The molecular weight excluding hydrogens is 282 g/mol. The van der Waals surface area contributed by atoms with Crippen LogP contribution in [0.3, 0.4) is 0 Å². The number of piperidine rings is 1. The van der Waals surface area contributed by atoms with Crippen LogP contribution in [0.15, 0.2) is 29.2 Å². The first kappa shape index (κ1) is 16.2. The summed E-state index contributed by atoms with van der Waals surface area (Å²) < 4.78 is 5.44. The van der Waals surface area contributed by atoms with E-state index in [1.165, 1.54) is 10.5 Å². The van der Waals surface area contributed by atoms with Crippen molar-refractivity contribution in [3.63, 3.8) is 0 Å². The smallest absolute Gasteiger partial charge is 0.410 e. The van der Waals surface area contributed by atoms with Crippen molar-refractivity contribution in [3.8, 4) is 0 Å². The number of carbonyl (C=O) groups excluding carboxylic acids is 1. The Labute approximate surface area is 132 Å². The molecule has 1 saturated heterocycles. The van der Waals surface area contributed by atoms with E-state index in [1.807, 2.05) is 25.7 Å². The lowest BCUT2D eigenvalue weighted by Crippen LogP contribution is -2.41. The number of ether oxygens (including phenoxy) is 1. The molecule has 0 N–H and O–H groups in total. The van der Waals surface area contributed by atoms with Crippen LogP contribution in [-0.4, -0.2) is 35.9 Å². The molecule has 116 valence electrons. The SMILES string of the molecule is CSc1cccc(C2CCN(C(=O)OC(C)(C)C)CC2)c1. The van der Waals surface area contributed by atoms with Gasteiger partial charge < -0.3 is 9.64 Å². The van der Waals surface area contributed by atoms with Crippen LogP contribution in [0.4, 0.5) is 4.79 Å². The Morgan fingerprint density at radius 2 is 1.95 bits per heavy atom. The minimum atomic E-state index is -0.416. The summed E-state index contributed by atoms with van der Waals surface area (Å²) in [6.07, 6.45) is 3.94. The van der Waals surface area contributed by atoms with Gasteiger partial charge in [0.2, 0.25) is 0 Å². The molecule has 1 aliphatic heterocycles. The number of amides is 1. The molecule has 0 aromatic heterocycles. The Morgan fingerprint density at radius 1 is 1.29 bits per heavy atom. The molecule has 3 nitrogen and oxygen atoms in total. The largest absolute Gasteiger partial charge is 0.444 e. The van der Waals surface area contributed by atoms with E-state index in [0.29, 0.717) is 5.92 Å². The fourth-order valence-corrected chi connectivity index (χ4v) is 3.09. The van der Waals surface area contributed by atoms with Crippen molar-refractivity contribution < 1.29 is 9.53 Å². The van der Waals surface area contributed by atoms with Crippen molar-refractivity contribution in [3.05, 3.63) is 29.8 Å². The molecule has 1 fully saturated rings. The number of nitrogens with zero attached hydrogens (tertiary/aromatic N) is 1. The first-order chi connectivity index (χ1) is 9.89. The monoisotopic (exact) mass is 307 g/mol. The highest BCUT2D eigenvalue weighted by atomic mass is 32.2. The maximum atomic E-state index is 12.1. The summed E-state index contributed by atoms with van der Waals surface area (Å²) in [7, 11) is 0. The van der Waals surface area contributed by atoms with E-state index in [4.69, 9.17) is 4.74 Å². The molecule has 1 aliphatic rings. The number of hydrogen-bond acceptors (Lipinski definition) is 3. The number of likely N-dealkylation sites (tertiary alicyclic amines) is 1. The molecular formula is C17H25NO2S. The van der Waals surface area contributed by atoms with Gasteiger partial charge in [-0.1, -0.05) is 12.1 Å². The third kappa shape index (κ3) is 4.67. The molecule has 0 unspecified atom stereocenters. The van der Waals surface area contributed by atoms with E-state index in [0.717, 1.165) is 25.9 Å². The molecule has 0 radical (unpaired) electrons. The molecule has 0 spiro atoms. The van der Waals surface area contributed by atoms with E-state index in [-0.39, 0.29) is 6.09 Å². The summed E-state index contributed by atoms with van der Waals surface area (Å²) in [4.78, 5) is 15.2. The zero-order valence-electron chi connectivity index (χ0n) is 13.4. The second-order valence-electron chi connectivity index (χ2n) is 6.52. The second kappa shape index (κ2) is 6.73. The third-order valence-corrected chi connectivity index (χ3v) is 4.44. The highest BCUT2D eigenvalue weighted by Crippen LogP contribution is 2.30. The van der Waals surface area contributed by atoms with Gasteiger partial charge in [0, 0.05) is 18.0 Å². The normalized spacial score (nSPS) is 16.9. The quantitative estimate of drug-likeness (QED) is 0.752. The first-order valence-electron chi connectivity index (χ1n) is 7.51. The number of thioether (sulfide) groups is 1. The first-order valence-corrected chi connectivity index (χ1v) is 8.73. The number of benzene rings is 1. The van der Waals surface area contributed by atoms with E-state index in [1.54, 1.807) is 11.8 Å². The predicted molar refractivity (Wildman–Crippen MR) is 88.0 cm³/mol. The molecule has 1 aromatic rings. The van der Waals surface area contributed by atoms with Crippen LogP contribution in [0.5, 0.6) is 0 Å². The molecule has 1 heterocycles. The molecule has 1 amide bonds. The topological polar surface area (TPSA) is 29.5 Å².